The molecule has 21 heavy (non-hydrogen) atoms. The molecule has 2 N–H and O–H groups in total. The third-order valence-electron chi connectivity index (χ3n) is 3.59. The SMILES string of the molecule is Cc1ccc(-c2cn[nH]c2)cc1S(=O)(=O)C1COCCN1. The van der Waals surface area contributed by atoms with Crippen molar-refractivity contribution in [2.45, 2.75) is 17.2 Å². The highest BCUT2D eigenvalue weighted by Crippen LogP contribution is 2.26. The molecular weight excluding hydrogens is 290 g/mol. The summed E-state index contributed by atoms with van der Waals surface area (Å²) in [4.78, 5) is 0.337. The van der Waals surface area contributed by atoms with E-state index in [1.807, 2.05) is 12.1 Å². The molecule has 0 bridgehead atoms. The van der Waals surface area contributed by atoms with Crippen LogP contribution in [0.5, 0.6) is 0 Å². The molecule has 0 saturated carbocycles. The number of nitrogens with zero attached hydrogens (tertiary/aromatic N) is 1. The minimum Gasteiger partial charge on any atom is -0.377 e. The first-order valence-corrected chi connectivity index (χ1v) is 8.28. The molecule has 1 aromatic heterocycles. The summed E-state index contributed by atoms with van der Waals surface area (Å²) in [6.45, 7) is 3.07. The van der Waals surface area contributed by atoms with E-state index >= 15 is 0 Å². The fourth-order valence-corrected chi connectivity index (χ4v) is 4.12. The summed E-state index contributed by atoms with van der Waals surface area (Å²) in [7, 11) is -3.47. The van der Waals surface area contributed by atoms with E-state index in [2.05, 4.69) is 15.5 Å². The lowest BCUT2D eigenvalue weighted by Gasteiger charge is -2.24. The van der Waals surface area contributed by atoms with Gasteiger partial charge in [0.15, 0.2) is 9.84 Å². The quantitative estimate of drug-likeness (QED) is 0.887. The average molecular weight is 307 g/mol. The molecule has 0 radical (unpaired) electrons. The Morgan fingerprint density at radius 1 is 1.33 bits per heavy atom. The predicted molar refractivity (Wildman–Crippen MR) is 78.6 cm³/mol. The second-order valence-corrected chi connectivity index (χ2v) is 7.13. The smallest absolute Gasteiger partial charge is 0.196 e. The maximum Gasteiger partial charge on any atom is 0.196 e. The van der Waals surface area contributed by atoms with Crippen molar-refractivity contribution in [1.29, 1.82) is 0 Å². The standard InChI is InChI=1S/C14H17N3O3S/c1-10-2-3-11(12-7-16-17-8-12)6-13(10)21(18,19)14-9-20-5-4-15-14/h2-3,6-8,14-15H,4-5,9H2,1H3,(H,16,17). The zero-order valence-electron chi connectivity index (χ0n) is 11.7. The largest absolute Gasteiger partial charge is 0.377 e. The van der Waals surface area contributed by atoms with E-state index in [1.165, 1.54) is 0 Å². The lowest BCUT2D eigenvalue weighted by Crippen LogP contribution is -2.46. The van der Waals surface area contributed by atoms with Crippen LogP contribution in [0.3, 0.4) is 0 Å². The van der Waals surface area contributed by atoms with Gasteiger partial charge in [0.1, 0.15) is 5.37 Å². The van der Waals surface area contributed by atoms with Crippen molar-refractivity contribution >= 4 is 9.84 Å². The number of aromatic nitrogens is 2. The van der Waals surface area contributed by atoms with Gasteiger partial charge in [0.25, 0.3) is 0 Å². The van der Waals surface area contributed by atoms with Crippen molar-refractivity contribution in [3.05, 3.63) is 36.2 Å². The first-order valence-electron chi connectivity index (χ1n) is 6.74. The molecule has 6 nitrogen and oxygen atoms in total. The van der Waals surface area contributed by atoms with Gasteiger partial charge in [-0.1, -0.05) is 12.1 Å². The molecule has 1 saturated heterocycles. The Balaban J connectivity index is 2.02. The highest BCUT2D eigenvalue weighted by Gasteiger charge is 2.30. The van der Waals surface area contributed by atoms with E-state index in [0.29, 0.717) is 18.0 Å². The van der Waals surface area contributed by atoms with E-state index in [4.69, 9.17) is 4.74 Å². The van der Waals surface area contributed by atoms with E-state index in [0.717, 1.165) is 16.7 Å². The normalized spacial score (nSPS) is 19.6. The Bertz CT molecular complexity index is 720. The molecule has 0 spiro atoms. The number of hydrogen-bond acceptors (Lipinski definition) is 5. The molecule has 1 aliphatic heterocycles. The second-order valence-electron chi connectivity index (χ2n) is 5.03. The van der Waals surface area contributed by atoms with Crippen LogP contribution in [-0.2, 0) is 14.6 Å². The molecule has 112 valence electrons. The Morgan fingerprint density at radius 2 is 2.19 bits per heavy atom. The summed E-state index contributed by atoms with van der Waals surface area (Å²) in [5.74, 6) is 0. The maximum atomic E-state index is 12.8. The fraction of sp³-hybridized carbons (Fsp3) is 0.357. The topological polar surface area (TPSA) is 84.1 Å². The van der Waals surface area contributed by atoms with Crippen molar-refractivity contribution in [3.63, 3.8) is 0 Å². The van der Waals surface area contributed by atoms with Gasteiger partial charge in [0, 0.05) is 18.3 Å². The zero-order chi connectivity index (χ0) is 14.9. The molecule has 2 aromatic rings. The van der Waals surface area contributed by atoms with Crippen LogP contribution in [0.25, 0.3) is 11.1 Å². The molecule has 3 rings (SSSR count). The van der Waals surface area contributed by atoms with Crippen LogP contribution in [0.4, 0.5) is 0 Å². The first-order chi connectivity index (χ1) is 10.1. The van der Waals surface area contributed by atoms with Crippen LogP contribution in [0, 0.1) is 6.92 Å². The number of rotatable bonds is 3. The average Bonchev–Trinajstić information content (AvgIpc) is 3.03. The summed E-state index contributed by atoms with van der Waals surface area (Å²) in [5.41, 5.74) is 2.42. The number of benzene rings is 1. The van der Waals surface area contributed by atoms with Gasteiger partial charge in [-0.25, -0.2) is 8.42 Å². The fourth-order valence-electron chi connectivity index (χ4n) is 2.39. The Kier molecular flexibility index (Phi) is 3.79. The van der Waals surface area contributed by atoms with E-state index < -0.39 is 15.2 Å². The van der Waals surface area contributed by atoms with E-state index in [-0.39, 0.29) is 6.61 Å². The van der Waals surface area contributed by atoms with Crippen molar-refractivity contribution in [2.75, 3.05) is 19.8 Å². The molecule has 1 aromatic carbocycles. The van der Waals surface area contributed by atoms with Gasteiger partial charge >= 0.3 is 0 Å². The third kappa shape index (κ3) is 2.72. The summed E-state index contributed by atoms with van der Waals surface area (Å²) < 4.78 is 30.8. The number of sulfone groups is 1. The van der Waals surface area contributed by atoms with Gasteiger partial charge in [0.2, 0.25) is 0 Å². The number of H-pyrrole nitrogens is 1. The molecule has 1 aliphatic rings. The molecule has 7 heteroatoms. The molecular formula is C14H17N3O3S. The maximum absolute atomic E-state index is 12.8. The second kappa shape index (κ2) is 5.59. The van der Waals surface area contributed by atoms with Crippen molar-refractivity contribution in [1.82, 2.24) is 15.5 Å². The van der Waals surface area contributed by atoms with Crippen molar-refractivity contribution in [3.8, 4) is 11.1 Å². The Morgan fingerprint density at radius 3 is 2.86 bits per heavy atom. The third-order valence-corrected chi connectivity index (χ3v) is 5.69. The van der Waals surface area contributed by atoms with Crippen LogP contribution in [0.2, 0.25) is 0 Å². The van der Waals surface area contributed by atoms with E-state index in [1.54, 1.807) is 25.4 Å². The van der Waals surface area contributed by atoms with Crippen LogP contribution in [0.15, 0.2) is 35.5 Å². The summed E-state index contributed by atoms with van der Waals surface area (Å²) >= 11 is 0. The van der Waals surface area contributed by atoms with Gasteiger partial charge in [-0.15, -0.1) is 0 Å². The van der Waals surface area contributed by atoms with Crippen LogP contribution in [0.1, 0.15) is 5.56 Å². The van der Waals surface area contributed by atoms with Crippen molar-refractivity contribution < 1.29 is 13.2 Å². The number of ether oxygens (including phenoxy) is 1. The van der Waals surface area contributed by atoms with Gasteiger partial charge in [-0.3, -0.25) is 10.4 Å². The van der Waals surface area contributed by atoms with Crippen molar-refractivity contribution in [2.24, 2.45) is 0 Å². The lowest BCUT2D eigenvalue weighted by molar-refractivity contribution is 0.0978. The van der Waals surface area contributed by atoms with Crippen LogP contribution in [-0.4, -0.2) is 43.7 Å². The van der Waals surface area contributed by atoms with Gasteiger partial charge in [-0.2, -0.15) is 5.10 Å². The number of morpholine rings is 1. The van der Waals surface area contributed by atoms with Crippen LogP contribution < -0.4 is 5.32 Å². The number of aromatic amines is 1. The van der Waals surface area contributed by atoms with Gasteiger partial charge in [-0.05, 0) is 24.1 Å². The molecule has 1 fully saturated rings. The number of nitrogens with one attached hydrogen (secondary N) is 2. The van der Waals surface area contributed by atoms with Gasteiger partial charge in [0.05, 0.1) is 24.3 Å². The monoisotopic (exact) mass is 307 g/mol. The minimum atomic E-state index is -3.47. The Labute approximate surface area is 123 Å². The first kappa shape index (κ1) is 14.2. The lowest BCUT2D eigenvalue weighted by atomic mass is 10.1. The summed E-state index contributed by atoms with van der Waals surface area (Å²) in [6, 6.07) is 5.41. The number of aryl methyl sites for hydroxylation is 1. The number of hydrogen-bond donors (Lipinski definition) is 2. The van der Waals surface area contributed by atoms with Crippen LogP contribution >= 0.6 is 0 Å². The molecule has 1 unspecified atom stereocenters. The minimum absolute atomic E-state index is 0.178. The molecule has 0 aliphatic carbocycles. The van der Waals surface area contributed by atoms with Gasteiger partial charge < -0.3 is 4.74 Å². The molecule has 0 amide bonds. The summed E-state index contributed by atoms with van der Waals surface area (Å²) in [6.07, 6.45) is 3.41. The Hall–Kier alpha value is -1.70. The predicted octanol–water partition coefficient (Wildman–Crippen LogP) is 1.10. The highest BCUT2D eigenvalue weighted by molar-refractivity contribution is 7.92. The summed E-state index contributed by atoms with van der Waals surface area (Å²) in [5, 5.41) is 8.95. The molecule has 1 atom stereocenters. The molecule has 2 heterocycles. The highest BCUT2D eigenvalue weighted by atomic mass is 32.2. The van der Waals surface area contributed by atoms with E-state index in [9.17, 15) is 8.42 Å². The zero-order valence-corrected chi connectivity index (χ0v) is 12.5.